The van der Waals surface area contributed by atoms with Gasteiger partial charge in [0.15, 0.2) is 5.78 Å². The summed E-state index contributed by atoms with van der Waals surface area (Å²) in [6.45, 7) is 6.21. The van der Waals surface area contributed by atoms with Crippen LogP contribution in [0.2, 0.25) is 0 Å². The maximum atomic E-state index is 11.7. The molecule has 0 saturated heterocycles. The van der Waals surface area contributed by atoms with Crippen molar-refractivity contribution in [2.45, 2.75) is 33.6 Å². The largest absolute Gasteiger partial charge is 0.302 e. The zero-order valence-corrected chi connectivity index (χ0v) is 9.74. The standard InChI is InChI=1S/C11H16O2S/c1-8-6-11(2,3)7-9(13)10(8)14-5-4-12/h4H,5-7H2,1-3H3. The number of carbonyl (C=O) groups is 2. The minimum Gasteiger partial charge on any atom is -0.302 e. The predicted octanol–water partition coefficient (Wildman–Crippen LogP) is 2.58. The van der Waals surface area contributed by atoms with Gasteiger partial charge in [0.25, 0.3) is 0 Å². The Bertz CT molecular complexity index is 290. The van der Waals surface area contributed by atoms with Crippen LogP contribution >= 0.6 is 11.8 Å². The molecular formula is C11H16O2S. The van der Waals surface area contributed by atoms with Crippen molar-refractivity contribution >= 4 is 23.8 Å². The third-order valence-corrected chi connectivity index (χ3v) is 3.49. The molecule has 0 spiro atoms. The molecule has 0 heterocycles. The van der Waals surface area contributed by atoms with Crippen molar-refractivity contribution in [2.75, 3.05) is 5.75 Å². The molecule has 1 aliphatic rings. The van der Waals surface area contributed by atoms with Gasteiger partial charge < -0.3 is 4.79 Å². The van der Waals surface area contributed by atoms with Crippen molar-refractivity contribution in [3.63, 3.8) is 0 Å². The zero-order valence-electron chi connectivity index (χ0n) is 8.92. The second kappa shape index (κ2) is 4.30. The number of rotatable bonds is 3. The first-order valence-corrected chi connectivity index (χ1v) is 5.74. The van der Waals surface area contributed by atoms with Crippen molar-refractivity contribution in [1.29, 1.82) is 0 Å². The Morgan fingerprint density at radius 1 is 1.43 bits per heavy atom. The smallest absolute Gasteiger partial charge is 0.169 e. The Balaban J connectivity index is 2.82. The topological polar surface area (TPSA) is 34.1 Å². The normalized spacial score (nSPS) is 21.2. The van der Waals surface area contributed by atoms with Gasteiger partial charge in [-0.1, -0.05) is 19.4 Å². The van der Waals surface area contributed by atoms with Gasteiger partial charge in [-0.3, -0.25) is 4.79 Å². The van der Waals surface area contributed by atoms with Gasteiger partial charge >= 0.3 is 0 Å². The van der Waals surface area contributed by atoms with E-state index in [-0.39, 0.29) is 11.2 Å². The van der Waals surface area contributed by atoms with E-state index in [1.807, 2.05) is 6.92 Å². The highest BCUT2D eigenvalue weighted by molar-refractivity contribution is 8.04. The Kier molecular flexibility index (Phi) is 3.53. The Morgan fingerprint density at radius 3 is 2.57 bits per heavy atom. The average Bonchev–Trinajstić information content (AvgIpc) is 2.00. The molecule has 3 heteroatoms. The molecule has 0 fully saturated rings. The highest BCUT2D eigenvalue weighted by Gasteiger charge is 2.30. The molecule has 0 radical (unpaired) electrons. The fourth-order valence-electron chi connectivity index (χ4n) is 1.93. The monoisotopic (exact) mass is 212 g/mol. The molecule has 2 nitrogen and oxygen atoms in total. The third kappa shape index (κ3) is 2.71. The minimum absolute atomic E-state index is 0.0897. The van der Waals surface area contributed by atoms with E-state index in [0.29, 0.717) is 12.2 Å². The van der Waals surface area contributed by atoms with Gasteiger partial charge in [-0.25, -0.2) is 0 Å². The van der Waals surface area contributed by atoms with Crippen LogP contribution < -0.4 is 0 Å². The number of aldehydes is 1. The first-order chi connectivity index (χ1) is 6.46. The summed E-state index contributed by atoms with van der Waals surface area (Å²) >= 11 is 1.38. The third-order valence-electron chi connectivity index (χ3n) is 2.32. The Labute approximate surface area is 89.1 Å². The second-order valence-electron chi connectivity index (χ2n) is 4.53. The molecule has 0 aromatic carbocycles. The van der Waals surface area contributed by atoms with Gasteiger partial charge in [0.2, 0.25) is 0 Å². The van der Waals surface area contributed by atoms with Crippen molar-refractivity contribution in [3.05, 3.63) is 10.5 Å². The highest BCUT2D eigenvalue weighted by Crippen LogP contribution is 2.39. The predicted molar refractivity (Wildman–Crippen MR) is 59.2 cm³/mol. The van der Waals surface area contributed by atoms with Crippen molar-refractivity contribution in [2.24, 2.45) is 5.41 Å². The molecule has 0 aromatic heterocycles. The summed E-state index contributed by atoms with van der Waals surface area (Å²) in [5, 5.41) is 0. The van der Waals surface area contributed by atoms with Gasteiger partial charge in [0.1, 0.15) is 6.29 Å². The molecule has 0 bridgehead atoms. The van der Waals surface area contributed by atoms with E-state index in [4.69, 9.17) is 0 Å². The maximum Gasteiger partial charge on any atom is 0.169 e. The number of ketones is 1. The van der Waals surface area contributed by atoms with Crippen LogP contribution in [0.25, 0.3) is 0 Å². The quantitative estimate of drug-likeness (QED) is 0.674. The van der Waals surface area contributed by atoms with E-state index < -0.39 is 0 Å². The average molecular weight is 212 g/mol. The molecule has 0 N–H and O–H groups in total. The molecule has 0 saturated carbocycles. The number of Topliss-reactive ketones (excluding diaryl/α,β-unsaturated/α-hetero) is 1. The number of thioether (sulfide) groups is 1. The van der Waals surface area contributed by atoms with E-state index >= 15 is 0 Å². The molecule has 0 atom stereocenters. The van der Waals surface area contributed by atoms with Gasteiger partial charge in [-0.15, -0.1) is 11.8 Å². The molecule has 0 amide bonds. The summed E-state index contributed by atoms with van der Waals surface area (Å²) in [6.07, 6.45) is 2.41. The fourth-order valence-corrected chi connectivity index (χ4v) is 2.72. The van der Waals surface area contributed by atoms with Crippen LogP contribution in [-0.4, -0.2) is 17.8 Å². The lowest BCUT2D eigenvalue weighted by Crippen LogP contribution is -2.24. The second-order valence-corrected chi connectivity index (χ2v) is 5.56. The van der Waals surface area contributed by atoms with Gasteiger partial charge in [0.05, 0.1) is 5.75 Å². The maximum absolute atomic E-state index is 11.7. The van der Waals surface area contributed by atoms with Gasteiger partial charge in [0, 0.05) is 11.3 Å². The van der Waals surface area contributed by atoms with Crippen LogP contribution in [-0.2, 0) is 9.59 Å². The molecule has 1 rings (SSSR count). The van der Waals surface area contributed by atoms with E-state index in [1.54, 1.807) is 0 Å². The first-order valence-electron chi connectivity index (χ1n) is 4.76. The lowest BCUT2D eigenvalue weighted by Gasteiger charge is -2.30. The van der Waals surface area contributed by atoms with E-state index in [9.17, 15) is 9.59 Å². The summed E-state index contributed by atoms with van der Waals surface area (Å²) in [6, 6.07) is 0. The number of allylic oxidation sites excluding steroid dienone is 2. The van der Waals surface area contributed by atoms with Crippen LogP contribution in [0.15, 0.2) is 10.5 Å². The minimum atomic E-state index is 0.0897. The van der Waals surface area contributed by atoms with Crippen LogP contribution in [0.5, 0.6) is 0 Å². The van der Waals surface area contributed by atoms with Crippen molar-refractivity contribution in [3.8, 4) is 0 Å². The number of carbonyl (C=O) groups excluding carboxylic acids is 2. The Hall–Kier alpha value is -0.570. The summed E-state index contributed by atoms with van der Waals surface area (Å²) in [5.74, 6) is 0.587. The van der Waals surface area contributed by atoms with E-state index in [1.165, 1.54) is 11.8 Å². The number of hydrogen-bond donors (Lipinski definition) is 0. The van der Waals surface area contributed by atoms with Crippen LogP contribution in [0.1, 0.15) is 33.6 Å². The summed E-state index contributed by atoms with van der Waals surface area (Å²) in [7, 11) is 0. The van der Waals surface area contributed by atoms with Gasteiger partial charge in [-0.05, 0) is 18.8 Å². The SMILES string of the molecule is CC1=C(SCC=O)C(=O)CC(C)(C)C1. The van der Waals surface area contributed by atoms with Gasteiger partial charge in [-0.2, -0.15) is 0 Å². The summed E-state index contributed by atoms with van der Waals surface area (Å²) < 4.78 is 0. The molecule has 0 aliphatic heterocycles. The molecule has 0 unspecified atom stereocenters. The highest BCUT2D eigenvalue weighted by atomic mass is 32.2. The van der Waals surface area contributed by atoms with Crippen molar-refractivity contribution in [1.82, 2.24) is 0 Å². The molecular weight excluding hydrogens is 196 g/mol. The molecule has 14 heavy (non-hydrogen) atoms. The lowest BCUT2D eigenvalue weighted by atomic mass is 9.77. The van der Waals surface area contributed by atoms with E-state index in [0.717, 1.165) is 23.2 Å². The van der Waals surface area contributed by atoms with Crippen LogP contribution in [0.3, 0.4) is 0 Å². The molecule has 0 aromatic rings. The number of hydrogen-bond acceptors (Lipinski definition) is 3. The zero-order chi connectivity index (χ0) is 10.8. The molecule has 1 aliphatic carbocycles. The summed E-state index contributed by atoms with van der Waals surface area (Å²) in [5.41, 5.74) is 1.23. The van der Waals surface area contributed by atoms with Crippen LogP contribution in [0.4, 0.5) is 0 Å². The summed E-state index contributed by atoms with van der Waals surface area (Å²) in [4.78, 5) is 22.8. The first kappa shape index (κ1) is 11.5. The van der Waals surface area contributed by atoms with E-state index in [2.05, 4.69) is 13.8 Å². The van der Waals surface area contributed by atoms with Crippen molar-refractivity contribution < 1.29 is 9.59 Å². The lowest BCUT2D eigenvalue weighted by molar-refractivity contribution is -0.117. The van der Waals surface area contributed by atoms with Crippen LogP contribution in [0, 0.1) is 5.41 Å². The Morgan fingerprint density at radius 2 is 2.07 bits per heavy atom. The fraction of sp³-hybridized carbons (Fsp3) is 0.636. The molecule has 78 valence electrons.